The fourth-order valence-corrected chi connectivity index (χ4v) is 1.83. The molecule has 0 spiro atoms. The molecule has 0 aliphatic heterocycles. The summed E-state index contributed by atoms with van der Waals surface area (Å²) < 4.78 is 5.53. The highest BCUT2D eigenvalue weighted by Crippen LogP contribution is 2.26. The molecule has 2 rings (SSSR count). The van der Waals surface area contributed by atoms with Crippen molar-refractivity contribution in [2.24, 2.45) is 0 Å². The summed E-state index contributed by atoms with van der Waals surface area (Å²) in [5.74, 6) is -0.486. The van der Waals surface area contributed by atoms with Crippen molar-refractivity contribution in [1.82, 2.24) is 0 Å². The first-order valence-corrected chi connectivity index (χ1v) is 6.12. The van der Waals surface area contributed by atoms with Crippen molar-refractivity contribution in [1.29, 1.82) is 5.26 Å². The van der Waals surface area contributed by atoms with Crippen LogP contribution in [-0.2, 0) is 6.61 Å². The van der Waals surface area contributed by atoms with Gasteiger partial charge in [-0.15, -0.1) is 0 Å². The van der Waals surface area contributed by atoms with Gasteiger partial charge in [-0.1, -0.05) is 23.7 Å². The lowest BCUT2D eigenvalue weighted by molar-refractivity contribution is 0.0697. The van der Waals surface area contributed by atoms with E-state index in [0.29, 0.717) is 16.3 Å². The van der Waals surface area contributed by atoms with E-state index in [2.05, 4.69) is 0 Å². The van der Waals surface area contributed by atoms with Crippen molar-refractivity contribution in [3.05, 3.63) is 64.2 Å². The molecule has 0 aliphatic carbocycles. The second kappa shape index (κ2) is 6.09. The molecule has 0 atom stereocenters. The first-order valence-electron chi connectivity index (χ1n) is 5.75. The van der Waals surface area contributed by atoms with Gasteiger partial charge in [-0.05, 0) is 35.9 Å². The van der Waals surface area contributed by atoms with Gasteiger partial charge >= 0.3 is 5.97 Å². The molecule has 20 heavy (non-hydrogen) atoms. The molecule has 0 unspecified atom stereocenters. The van der Waals surface area contributed by atoms with E-state index in [1.807, 2.05) is 6.07 Å². The number of carboxylic acid groups (broad SMARTS) is 1. The van der Waals surface area contributed by atoms with Crippen LogP contribution < -0.4 is 4.74 Å². The fourth-order valence-electron chi connectivity index (χ4n) is 1.59. The summed E-state index contributed by atoms with van der Waals surface area (Å²) in [5, 5.41) is 17.9. The van der Waals surface area contributed by atoms with Crippen LogP contribution in [-0.4, -0.2) is 11.1 Å². The lowest BCUT2D eigenvalue weighted by atomic mass is 10.1. The highest BCUT2D eigenvalue weighted by molar-refractivity contribution is 6.32. The van der Waals surface area contributed by atoms with Gasteiger partial charge in [0, 0.05) is 0 Å². The van der Waals surface area contributed by atoms with Crippen LogP contribution in [0.2, 0.25) is 5.02 Å². The molecular weight excluding hydrogens is 278 g/mol. The summed E-state index contributed by atoms with van der Waals surface area (Å²) in [6, 6.07) is 13.2. The minimum absolute atomic E-state index is 0.227. The highest BCUT2D eigenvalue weighted by Gasteiger charge is 2.05. The largest absolute Gasteiger partial charge is 0.487 e. The van der Waals surface area contributed by atoms with Gasteiger partial charge < -0.3 is 9.84 Å². The molecule has 0 saturated carbocycles. The minimum Gasteiger partial charge on any atom is -0.487 e. The maximum atomic E-state index is 10.7. The molecule has 0 heterocycles. The molecular formula is C15H10ClNO3. The van der Waals surface area contributed by atoms with Gasteiger partial charge in [0.15, 0.2) is 0 Å². The summed E-state index contributed by atoms with van der Waals surface area (Å²) in [6.45, 7) is 0.269. The van der Waals surface area contributed by atoms with Crippen molar-refractivity contribution in [3.63, 3.8) is 0 Å². The highest BCUT2D eigenvalue weighted by atomic mass is 35.5. The quantitative estimate of drug-likeness (QED) is 0.934. The molecule has 0 amide bonds. The normalized spacial score (nSPS) is 9.80. The van der Waals surface area contributed by atoms with E-state index in [4.69, 9.17) is 26.7 Å². The Morgan fingerprint density at radius 3 is 2.50 bits per heavy atom. The molecule has 1 N–H and O–H groups in total. The number of halogens is 1. The number of aromatic carboxylic acids is 1. The standard InChI is InChI=1S/C15H10ClNO3/c16-13-7-11(8-17)3-6-14(13)20-9-10-1-4-12(5-2-10)15(18)19/h1-7H,9H2,(H,18,19). The molecule has 0 saturated heterocycles. The zero-order chi connectivity index (χ0) is 14.5. The van der Waals surface area contributed by atoms with Crippen LogP contribution in [0, 0.1) is 11.3 Å². The number of carbonyl (C=O) groups is 1. The molecule has 0 aliphatic rings. The first-order chi connectivity index (χ1) is 9.60. The lowest BCUT2D eigenvalue weighted by Crippen LogP contribution is -1.99. The first kappa shape index (κ1) is 13.9. The van der Waals surface area contributed by atoms with Crippen LogP contribution in [0.5, 0.6) is 5.75 Å². The number of nitriles is 1. The molecule has 2 aromatic rings. The Bertz CT molecular complexity index is 675. The topological polar surface area (TPSA) is 70.3 Å². The van der Waals surface area contributed by atoms with Gasteiger partial charge in [0.25, 0.3) is 0 Å². The van der Waals surface area contributed by atoms with E-state index in [1.165, 1.54) is 18.2 Å². The Balaban J connectivity index is 2.05. The number of hydrogen-bond donors (Lipinski definition) is 1. The second-order valence-electron chi connectivity index (χ2n) is 4.05. The molecule has 4 nitrogen and oxygen atoms in total. The number of benzene rings is 2. The van der Waals surface area contributed by atoms with Crippen molar-refractivity contribution < 1.29 is 14.6 Å². The van der Waals surface area contributed by atoms with Crippen molar-refractivity contribution in [2.45, 2.75) is 6.61 Å². The molecule has 0 bridgehead atoms. The summed E-state index contributed by atoms with van der Waals surface area (Å²) >= 11 is 5.99. The Morgan fingerprint density at radius 1 is 1.25 bits per heavy atom. The lowest BCUT2D eigenvalue weighted by Gasteiger charge is -2.08. The van der Waals surface area contributed by atoms with Gasteiger partial charge in [0.1, 0.15) is 12.4 Å². The number of ether oxygens (including phenoxy) is 1. The van der Waals surface area contributed by atoms with Gasteiger partial charge in [-0.25, -0.2) is 4.79 Å². The number of carboxylic acids is 1. The third kappa shape index (κ3) is 3.28. The van der Waals surface area contributed by atoms with Crippen LogP contribution in [0.15, 0.2) is 42.5 Å². The Kier molecular flexibility index (Phi) is 4.24. The average molecular weight is 288 g/mol. The van der Waals surface area contributed by atoms with Crippen LogP contribution in [0.1, 0.15) is 21.5 Å². The zero-order valence-electron chi connectivity index (χ0n) is 10.3. The average Bonchev–Trinajstić information content (AvgIpc) is 2.46. The van der Waals surface area contributed by atoms with E-state index in [0.717, 1.165) is 5.56 Å². The molecule has 5 heteroatoms. The predicted molar refractivity (Wildman–Crippen MR) is 73.9 cm³/mol. The Labute approximate surface area is 120 Å². The van der Waals surface area contributed by atoms with Crippen LogP contribution >= 0.6 is 11.6 Å². The summed E-state index contributed by atoms with van der Waals surface area (Å²) in [6.07, 6.45) is 0. The van der Waals surface area contributed by atoms with Gasteiger partial charge in [-0.2, -0.15) is 5.26 Å². The maximum Gasteiger partial charge on any atom is 0.335 e. The predicted octanol–water partition coefficient (Wildman–Crippen LogP) is 3.49. The van der Waals surface area contributed by atoms with E-state index < -0.39 is 5.97 Å². The molecule has 0 radical (unpaired) electrons. The van der Waals surface area contributed by atoms with Crippen molar-refractivity contribution in [3.8, 4) is 11.8 Å². The Morgan fingerprint density at radius 2 is 1.95 bits per heavy atom. The molecule has 0 aromatic heterocycles. The van der Waals surface area contributed by atoms with Gasteiger partial charge in [0.05, 0.1) is 22.2 Å². The smallest absolute Gasteiger partial charge is 0.335 e. The summed E-state index contributed by atoms with van der Waals surface area (Å²) in [7, 11) is 0. The van der Waals surface area contributed by atoms with Crippen LogP contribution in [0.3, 0.4) is 0 Å². The van der Waals surface area contributed by atoms with E-state index in [-0.39, 0.29) is 12.2 Å². The van der Waals surface area contributed by atoms with Crippen LogP contribution in [0.25, 0.3) is 0 Å². The number of hydrogen-bond acceptors (Lipinski definition) is 3. The SMILES string of the molecule is N#Cc1ccc(OCc2ccc(C(=O)O)cc2)c(Cl)c1. The van der Waals surface area contributed by atoms with Crippen molar-refractivity contribution in [2.75, 3.05) is 0 Å². The monoisotopic (exact) mass is 287 g/mol. The summed E-state index contributed by atoms with van der Waals surface area (Å²) in [4.78, 5) is 10.7. The van der Waals surface area contributed by atoms with E-state index >= 15 is 0 Å². The Hall–Kier alpha value is -2.51. The minimum atomic E-state index is -0.965. The summed E-state index contributed by atoms with van der Waals surface area (Å²) in [5.41, 5.74) is 1.52. The van der Waals surface area contributed by atoms with Crippen LogP contribution in [0.4, 0.5) is 0 Å². The van der Waals surface area contributed by atoms with Gasteiger partial charge in [-0.3, -0.25) is 0 Å². The zero-order valence-corrected chi connectivity index (χ0v) is 11.1. The van der Waals surface area contributed by atoms with Gasteiger partial charge in [0.2, 0.25) is 0 Å². The van der Waals surface area contributed by atoms with Crippen molar-refractivity contribution >= 4 is 17.6 Å². The maximum absolute atomic E-state index is 10.7. The second-order valence-corrected chi connectivity index (χ2v) is 4.45. The third-order valence-corrected chi connectivity index (χ3v) is 2.95. The van der Waals surface area contributed by atoms with E-state index in [1.54, 1.807) is 24.3 Å². The third-order valence-electron chi connectivity index (χ3n) is 2.66. The van der Waals surface area contributed by atoms with E-state index in [9.17, 15) is 4.79 Å². The molecule has 0 fully saturated rings. The number of rotatable bonds is 4. The number of nitrogens with zero attached hydrogens (tertiary/aromatic N) is 1. The molecule has 2 aromatic carbocycles. The fraction of sp³-hybridized carbons (Fsp3) is 0.0667. The molecule has 100 valence electrons.